The van der Waals surface area contributed by atoms with E-state index in [0.717, 1.165) is 0 Å². The van der Waals surface area contributed by atoms with Crippen molar-refractivity contribution in [2.75, 3.05) is 19.8 Å². The van der Waals surface area contributed by atoms with Crippen LogP contribution in [0.15, 0.2) is 16.8 Å². The SMILES string of the molecule is CCc1nonc1C(=O)N[C@H](c1nc2c(F)cc([C@@H]3COCCN3C(=O)C34CC(F)(C3)C4)cc2[nH]1)C1CCC(F)(F)CC1. The molecular weight excluding hydrogens is 572 g/mol. The molecule has 1 aromatic carbocycles. The number of imidazole rings is 1. The summed E-state index contributed by atoms with van der Waals surface area (Å²) >= 11 is 0. The van der Waals surface area contributed by atoms with Gasteiger partial charge >= 0.3 is 0 Å². The van der Waals surface area contributed by atoms with Gasteiger partial charge in [0.05, 0.1) is 36.2 Å². The zero-order valence-electron chi connectivity index (χ0n) is 23.6. The second-order valence-corrected chi connectivity index (χ2v) is 12.6. The lowest BCUT2D eigenvalue weighted by Crippen LogP contribution is -2.71. The number of halogens is 4. The third kappa shape index (κ3) is 4.77. The molecule has 3 aromatic rings. The molecule has 230 valence electrons. The number of hydrogen-bond acceptors (Lipinski definition) is 7. The average molecular weight is 605 g/mol. The Morgan fingerprint density at radius 2 is 1.91 bits per heavy atom. The molecule has 8 rings (SSSR count). The normalized spacial score (nSPS) is 29.1. The standard InChI is InChI=1S/C29H32F4N6O4/c1-2-18-23(38-43-37-18)25(40)36-21(15-3-5-29(32,33)6-4-15)24-34-19-10-16(9-17(30)22(19)35-24)20-11-42-8-7-39(20)26(41)27-12-28(31,13-27)14-27/h9-10,15,20-21H,2-8,11-14H2,1H3,(H,34,35)(H,36,40)/t20-,21-,27?,28?/m0/s1. The van der Waals surface area contributed by atoms with Crippen molar-refractivity contribution in [3.63, 3.8) is 0 Å². The van der Waals surface area contributed by atoms with Crippen LogP contribution in [0.1, 0.15) is 91.5 Å². The first-order chi connectivity index (χ1) is 20.5. The molecular formula is C29H32F4N6O4. The number of carbonyl (C=O) groups is 2. The minimum Gasteiger partial charge on any atom is -0.377 e. The van der Waals surface area contributed by atoms with Crippen molar-refractivity contribution in [1.29, 1.82) is 0 Å². The molecule has 2 bridgehead atoms. The van der Waals surface area contributed by atoms with Crippen molar-refractivity contribution >= 4 is 22.8 Å². The van der Waals surface area contributed by atoms with E-state index in [4.69, 9.17) is 9.37 Å². The Labute approximate surface area is 243 Å². The van der Waals surface area contributed by atoms with Crippen LogP contribution in [-0.4, -0.2) is 68.3 Å². The molecule has 1 aliphatic heterocycles. The third-order valence-electron chi connectivity index (χ3n) is 9.69. The van der Waals surface area contributed by atoms with Crippen LogP contribution in [0.4, 0.5) is 17.6 Å². The van der Waals surface area contributed by atoms with Gasteiger partial charge < -0.3 is 19.9 Å². The maximum Gasteiger partial charge on any atom is 0.276 e. The molecule has 10 nitrogen and oxygen atoms in total. The molecule has 0 radical (unpaired) electrons. The van der Waals surface area contributed by atoms with Crippen molar-refractivity contribution in [1.82, 2.24) is 30.5 Å². The van der Waals surface area contributed by atoms with E-state index in [2.05, 4.69) is 25.6 Å². The number of alkyl halides is 3. The van der Waals surface area contributed by atoms with Gasteiger partial charge in [-0.25, -0.2) is 27.2 Å². The van der Waals surface area contributed by atoms with E-state index in [1.165, 1.54) is 6.07 Å². The number of benzene rings is 1. The monoisotopic (exact) mass is 604 g/mol. The highest BCUT2D eigenvalue weighted by Gasteiger charge is 2.73. The van der Waals surface area contributed by atoms with Gasteiger partial charge in [0.15, 0.2) is 11.5 Å². The highest BCUT2D eigenvalue weighted by atomic mass is 19.3. The number of morpholine rings is 1. The number of nitrogens with zero attached hydrogens (tertiary/aromatic N) is 4. The Hall–Kier alpha value is -3.55. The van der Waals surface area contributed by atoms with E-state index < -0.39 is 46.7 Å². The molecule has 5 aliphatic rings. The van der Waals surface area contributed by atoms with Crippen LogP contribution in [0.2, 0.25) is 0 Å². The predicted molar refractivity (Wildman–Crippen MR) is 142 cm³/mol. The molecule has 5 fully saturated rings. The van der Waals surface area contributed by atoms with E-state index in [0.29, 0.717) is 36.3 Å². The zero-order chi connectivity index (χ0) is 30.1. The fraction of sp³-hybridized carbons (Fsp3) is 0.621. The average Bonchev–Trinajstić information content (AvgIpc) is 3.61. The van der Waals surface area contributed by atoms with Crippen molar-refractivity contribution < 1.29 is 36.5 Å². The summed E-state index contributed by atoms with van der Waals surface area (Å²) in [6, 6.07) is 1.60. The van der Waals surface area contributed by atoms with E-state index >= 15 is 4.39 Å². The summed E-state index contributed by atoms with van der Waals surface area (Å²) in [5, 5.41) is 10.3. The van der Waals surface area contributed by atoms with Gasteiger partial charge in [0, 0.05) is 19.4 Å². The molecule has 2 atom stereocenters. The highest BCUT2D eigenvalue weighted by molar-refractivity contribution is 5.93. The van der Waals surface area contributed by atoms with Crippen LogP contribution >= 0.6 is 0 Å². The maximum atomic E-state index is 15.6. The molecule has 2 N–H and O–H groups in total. The number of aryl methyl sites for hydroxylation is 1. The minimum absolute atomic E-state index is 0.0114. The van der Waals surface area contributed by atoms with E-state index in [-0.39, 0.29) is 74.5 Å². The minimum atomic E-state index is -2.79. The van der Waals surface area contributed by atoms with Crippen LogP contribution in [0, 0.1) is 17.2 Å². The number of rotatable bonds is 7. The number of nitrogens with one attached hydrogen (secondary N) is 2. The Kier molecular flexibility index (Phi) is 6.56. The predicted octanol–water partition coefficient (Wildman–Crippen LogP) is 4.74. The van der Waals surface area contributed by atoms with E-state index in [1.54, 1.807) is 17.9 Å². The second-order valence-electron chi connectivity index (χ2n) is 12.6. The van der Waals surface area contributed by atoms with Crippen molar-refractivity contribution in [2.45, 2.75) is 82.0 Å². The van der Waals surface area contributed by atoms with Gasteiger partial charge in [0.25, 0.3) is 5.91 Å². The van der Waals surface area contributed by atoms with Gasteiger partial charge in [-0.2, -0.15) is 0 Å². The van der Waals surface area contributed by atoms with E-state index in [9.17, 15) is 22.8 Å². The Balaban J connectivity index is 1.20. The number of fused-ring (bicyclic) bond motifs is 1. The Morgan fingerprint density at radius 1 is 1.16 bits per heavy atom. The number of ether oxygens (including phenoxy) is 1. The topological polar surface area (TPSA) is 126 Å². The van der Waals surface area contributed by atoms with Gasteiger partial charge in [0.2, 0.25) is 11.8 Å². The van der Waals surface area contributed by atoms with Crippen molar-refractivity contribution in [3.8, 4) is 0 Å². The van der Waals surface area contributed by atoms with Gasteiger partial charge in [0.1, 0.15) is 22.7 Å². The molecule has 2 aromatic heterocycles. The third-order valence-corrected chi connectivity index (χ3v) is 9.69. The number of hydrogen-bond donors (Lipinski definition) is 2. The maximum absolute atomic E-state index is 15.6. The number of aromatic nitrogens is 4. The fourth-order valence-electron chi connectivity index (χ4n) is 7.40. The second kappa shape index (κ2) is 10.00. The molecule has 0 spiro atoms. The van der Waals surface area contributed by atoms with Gasteiger partial charge in [-0.3, -0.25) is 9.59 Å². The molecule has 3 heterocycles. The number of amides is 2. The van der Waals surface area contributed by atoms with Crippen LogP contribution in [0.3, 0.4) is 0 Å². The summed E-state index contributed by atoms with van der Waals surface area (Å²) in [5.74, 6) is -4.34. The molecule has 43 heavy (non-hydrogen) atoms. The largest absolute Gasteiger partial charge is 0.377 e. The number of carbonyl (C=O) groups excluding carboxylic acids is 2. The first-order valence-corrected chi connectivity index (χ1v) is 14.8. The molecule has 4 saturated carbocycles. The van der Waals surface area contributed by atoms with Crippen molar-refractivity contribution in [3.05, 3.63) is 40.7 Å². The summed E-state index contributed by atoms with van der Waals surface area (Å²) < 4.78 is 68.3. The quantitative estimate of drug-likeness (QED) is 0.373. The summed E-state index contributed by atoms with van der Waals surface area (Å²) in [5.41, 5.74) is -0.721. The van der Waals surface area contributed by atoms with Crippen LogP contribution in [-0.2, 0) is 16.0 Å². The molecule has 14 heteroatoms. The van der Waals surface area contributed by atoms with Crippen LogP contribution in [0.25, 0.3) is 11.0 Å². The van der Waals surface area contributed by atoms with Gasteiger partial charge in [-0.05, 0) is 67.3 Å². The number of H-pyrrole nitrogens is 1. The lowest BCUT2D eigenvalue weighted by Gasteiger charge is -2.65. The Bertz CT molecular complexity index is 1560. The van der Waals surface area contributed by atoms with Gasteiger partial charge in [-0.1, -0.05) is 12.1 Å². The lowest BCUT2D eigenvalue weighted by atomic mass is 9.41. The number of aromatic amines is 1. The summed E-state index contributed by atoms with van der Waals surface area (Å²) in [7, 11) is 0. The summed E-state index contributed by atoms with van der Waals surface area (Å²) in [4.78, 5) is 35.9. The first-order valence-electron chi connectivity index (χ1n) is 14.8. The molecule has 1 saturated heterocycles. The summed E-state index contributed by atoms with van der Waals surface area (Å²) in [6.45, 7) is 2.60. The Morgan fingerprint density at radius 3 is 2.60 bits per heavy atom. The molecule has 0 unspecified atom stereocenters. The molecule has 2 amide bonds. The fourth-order valence-corrected chi connectivity index (χ4v) is 7.40. The highest BCUT2D eigenvalue weighted by Crippen LogP contribution is 2.70. The summed E-state index contributed by atoms with van der Waals surface area (Å²) in [6.07, 6.45) is 0.638. The first kappa shape index (κ1) is 28.2. The molecule has 4 aliphatic carbocycles. The van der Waals surface area contributed by atoms with Crippen LogP contribution < -0.4 is 5.32 Å². The lowest BCUT2D eigenvalue weighted by molar-refractivity contribution is -0.226. The van der Waals surface area contributed by atoms with Crippen LogP contribution in [0.5, 0.6) is 0 Å². The van der Waals surface area contributed by atoms with E-state index in [1.807, 2.05) is 0 Å². The zero-order valence-corrected chi connectivity index (χ0v) is 23.6. The van der Waals surface area contributed by atoms with Crippen molar-refractivity contribution in [2.24, 2.45) is 11.3 Å². The van der Waals surface area contributed by atoms with Gasteiger partial charge in [-0.15, -0.1) is 0 Å². The smallest absolute Gasteiger partial charge is 0.276 e.